The van der Waals surface area contributed by atoms with Gasteiger partial charge in [0, 0.05) is 12.8 Å². The van der Waals surface area contributed by atoms with Gasteiger partial charge in [-0.3, -0.25) is 9.59 Å². The van der Waals surface area contributed by atoms with Gasteiger partial charge >= 0.3 is 5.97 Å². The zero-order valence-electron chi connectivity index (χ0n) is 40.0. The molecule has 2 atom stereocenters. The maximum absolute atomic E-state index is 12.4. The van der Waals surface area contributed by atoms with E-state index in [1.54, 1.807) is 0 Å². The van der Waals surface area contributed by atoms with Gasteiger partial charge in [-0.15, -0.1) is 0 Å². The lowest BCUT2D eigenvalue weighted by Gasteiger charge is -2.22. The van der Waals surface area contributed by atoms with Gasteiger partial charge in [-0.05, 0) is 25.7 Å². The lowest BCUT2D eigenvalue weighted by atomic mass is 10.0. The molecule has 2 unspecified atom stereocenters. The number of ether oxygens (including phenoxy) is 1. The Balaban J connectivity index is 3.42. The molecule has 0 saturated carbocycles. The molecule has 0 aromatic heterocycles. The molecule has 0 fully saturated rings. The third-order valence-electron chi connectivity index (χ3n) is 12.7. The van der Waals surface area contributed by atoms with Crippen LogP contribution in [0.3, 0.4) is 0 Å². The lowest BCUT2D eigenvalue weighted by molar-refractivity contribution is -0.143. The highest BCUT2D eigenvalue weighted by atomic mass is 16.5. The molecule has 0 spiro atoms. The Morgan fingerprint density at radius 2 is 0.695 bits per heavy atom. The number of rotatable bonds is 50. The Labute approximate surface area is 368 Å². The molecule has 0 aromatic carbocycles. The predicted molar refractivity (Wildman–Crippen MR) is 255 cm³/mol. The lowest BCUT2D eigenvalue weighted by Crippen LogP contribution is -2.45. The third-order valence-corrected chi connectivity index (χ3v) is 12.7. The number of aliphatic hydroxyl groups is 2. The first-order valence-electron chi connectivity index (χ1n) is 26.8. The van der Waals surface area contributed by atoms with E-state index in [0.717, 1.165) is 51.4 Å². The molecule has 0 saturated heterocycles. The maximum atomic E-state index is 12.4. The summed E-state index contributed by atoms with van der Waals surface area (Å²) in [7, 11) is 0. The molecule has 0 rings (SSSR count). The summed E-state index contributed by atoms with van der Waals surface area (Å²) < 4.78 is 5.47. The van der Waals surface area contributed by atoms with Gasteiger partial charge in [0.15, 0.2) is 0 Å². The Morgan fingerprint density at radius 3 is 1.03 bits per heavy atom. The molecule has 0 bridgehead atoms. The number of unbranched alkanes of at least 4 members (excludes halogenated alkanes) is 39. The van der Waals surface area contributed by atoms with E-state index in [4.69, 9.17) is 4.74 Å². The fourth-order valence-corrected chi connectivity index (χ4v) is 8.52. The van der Waals surface area contributed by atoms with Crippen LogP contribution in [0.25, 0.3) is 0 Å². The van der Waals surface area contributed by atoms with E-state index in [0.29, 0.717) is 25.9 Å². The average molecular weight is 836 g/mol. The fourth-order valence-electron chi connectivity index (χ4n) is 8.52. The minimum absolute atomic E-state index is 0.00184. The summed E-state index contributed by atoms with van der Waals surface area (Å²) in [5.74, 6) is -0.0475. The third kappa shape index (κ3) is 46.2. The summed E-state index contributed by atoms with van der Waals surface area (Å²) in [4.78, 5) is 24.5. The summed E-state index contributed by atoms with van der Waals surface area (Å²) in [6.07, 6.45) is 55.0. The maximum Gasteiger partial charge on any atom is 0.305 e. The molecule has 0 aliphatic rings. The molecule has 0 aliphatic heterocycles. The molecule has 3 N–H and O–H groups in total. The number of carbonyl (C=O) groups is 2. The van der Waals surface area contributed by atoms with E-state index >= 15 is 0 Å². The van der Waals surface area contributed by atoms with Crippen LogP contribution in [0.5, 0.6) is 0 Å². The summed E-state index contributed by atoms with van der Waals surface area (Å²) in [6.45, 7) is 4.94. The monoisotopic (exact) mass is 836 g/mol. The van der Waals surface area contributed by atoms with Crippen molar-refractivity contribution in [3.8, 4) is 0 Å². The largest absolute Gasteiger partial charge is 0.466 e. The average Bonchev–Trinajstić information content (AvgIpc) is 3.24. The summed E-state index contributed by atoms with van der Waals surface area (Å²) in [5, 5.41) is 23.2. The number of hydrogen-bond donors (Lipinski definition) is 3. The first kappa shape index (κ1) is 57.9. The smallest absolute Gasteiger partial charge is 0.305 e. The first-order chi connectivity index (χ1) is 29.0. The van der Waals surface area contributed by atoms with Crippen LogP contribution in [0.2, 0.25) is 0 Å². The second-order valence-electron chi connectivity index (χ2n) is 18.6. The normalized spacial score (nSPS) is 12.5. The Morgan fingerprint density at radius 1 is 0.407 bits per heavy atom. The van der Waals surface area contributed by atoms with Crippen molar-refractivity contribution < 1.29 is 24.5 Å². The molecule has 6 nitrogen and oxygen atoms in total. The number of carbonyl (C=O) groups excluding carboxylic acids is 2. The Kier molecular flexibility index (Phi) is 48.6. The molecule has 1 amide bonds. The highest BCUT2D eigenvalue weighted by Crippen LogP contribution is 2.17. The van der Waals surface area contributed by atoms with Crippen molar-refractivity contribution in [1.82, 2.24) is 5.32 Å². The molecule has 59 heavy (non-hydrogen) atoms. The van der Waals surface area contributed by atoms with Gasteiger partial charge in [0.05, 0.1) is 25.4 Å². The molecular weight excluding hydrogens is 731 g/mol. The second-order valence-corrected chi connectivity index (χ2v) is 18.6. The molecule has 352 valence electrons. The van der Waals surface area contributed by atoms with Crippen LogP contribution >= 0.6 is 0 Å². The van der Waals surface area contributed by atoms with E-state index in [-0.39, 0.29) is 18.5 Å². The van der Waals surface area contributed by atoms with E-state index in [1.165, 1.54) is 218 Å². The van der Waals surface area contributed by atoms with Crippen molar-refractivity contribution in [2.45, 2.75) is 315 Å². The van der Waals surface area contributed by atoms with Gasteiger partial charge < -0.3 is 20.3 Å². The number of hydrogen-bond acceptors (Lipinski definition) is 5. The number of nitrogens with one attached hydrogen (secondary N) is 1. The van der Waals surface area contributed by atoms with Gasteiger partial charge in [-0.1, -0.05) is 264 Å². The predicted octanol–water partition coefficient (Wildman–Crippen LogP) is 16.0. The second kappa shape index (κ2) is 49.5. The van der Waals surface area contributed by atoms with Crippen LogP contribution in [0.1, 0.15) is 303 Å². The van der Waals surface area contributed by atoms with E-state index in [1.807, 2.05) is 0 Å². The van der Waals surface area contributed by atoms with Crippen molar-refractivity contribution in [2.75, 3.05) is 13.2 Å². The Bertz CT molecular complexity index is 837. The zero-order valence-corrected chi connectivity index (χ0v) is 40.0. The van der Waals surface area contributed by atoms with Crippen LogP contribution < -0.4 is 5.32 Å². The summed E-state index contributed by atoms with van der Waals surface area (Å²) in [5.41, 5.74) is 0. The van der Waals surface area contributed by atoms with Crippen LogP contribution in [-0.4, -0.2) is 47.4 Å². The highest BCUT2D eigenvalue weighted by Gasteiger charge is 2.20. The number of aliphatic hydroxyl groups excluding tert-OH is 2. The van der Waals surface area contributed by atoms with Crippen molar-refractivity contribution >= 4 is 11.9 Å². The van der Waals surface area contributed by atoms with Crippen molar-refractivity contribution in [3.63, 3.8) is 0 Å². The molecule has 0 aliphatic carbocycles. The van der Waals surface area contributed by atoms with Gasteiger partial charge in [0.2, 0.25) is 5.91 Å². The molecular formula is C53H105NO5. The Hall–Kier alpha value is -1.14. The number of amides is 1. The number of esters is 1. The van der Waals surface area contributed by atoms with Crippen LogP contribution in [0.15, 0.2) is 0 Å². The standard InChI is InChI=1S/C53H105NO5/c1-3-5-7-9-11-13-15-17-19-23-27-31-35-39-43-47-53(58)59-48-44-40-36-32-28-24-20-22-26-30-34-38-42-46-52(57)54-50(49-55)51(56)45-41-37-33-29-25-21-18-16-14-12-10-8-6-4-2/h50-51,55-56H,3-49H2,1-2H3,(H,54,57). The van der Waals surface area contributed by atoms with E-state index < -0.39 is 12.1 Å². The first-order valence-corrected chi connectivity index (χ1v) is 26.8. The topological polar surface area (TPSA) is 95.9 Å². The molecule has 0 aromatic rings. The summed E-state index contributed by atoms with van der Waals surface area (Å²) in [6, 6.07) is -0.549. The SMILES string of the molecule is CCCCCCCCCCCCCCCCCC(=O)OCCCCCCCCCCCCCCCC(=O)NC(CO)C(O)CCCCCCCCCCCCCCCC. The highest BCUT2D eigenvalue weighted by molar-refractivity contribution is 5.76. The van der Waals surface area contributed by atoms with Crippen LogP contribution in [-0.2, 0) is 14.3 Å². The summed E-state index contributed by atoms with van der Waals surface area (Å²) >= 11 is 0. The van der Waals surface area contributed by atoms with Gasteiger partial charge in [-0.2, -0.15) is 0 Å². The minimum Gasteiger partial charge on any atom is -0.466 e. The van der Waals surface area contributed by atoms with Gasteiger partial charge in [0.1, 0.15) is 0 Å². The van der Waals surface area contributed by atoms with Crippen molar-refractivity contribution in [3.05, 3.63) is 0 Å². The zero-order chi connectivity index (χ0) is 43.0. The van der Waals surface area contributed by atoms with Crippen molar-refractivity contribution in [1.29, 1.82) is 0 Å². The van der Waals surface area contributed by atoms with Gasteiger partial charge in [0.25, 0.3) is 0 Å². The molecule has 6 heteroatoms. The minimum atomic E-state index is -0.670. The van der Waals surface area contributed by atoms with E-state index in [9.17, 15) is 19.8 Å². The molecule has 0 radical (unpaired) electrons. The quantitative estimate of drug-likeness (QED) is 0.0419. The molecule has 0 heterocycles. The van der Waals surface area contributed by atoms with Gasteiger partial charge in [-0.25, -0.2) is 0 Å². The van der Waals surface area contributed by atoms with Crippen molar-refractivity contribution in [2.24, 2.45) is 0 Å². The van der Waals surface area contributed by atoms with Crippen LogP contribution in [0.4, 0.5) is 0 Å². The van der Waals surface area contributed by atoms with Crippen LogP contribution in [0, 0.1) is 0 Å². The van der Waals surface area contributed by atoms with E-state index in [2.05, 4.69) is 19.2 Å². The fraction of sp³-hybridized carbons (Fsp3) is 0.962.